The van der Waals surface area contributed by atoms with Gasteiger partial charge in [0.2, 0.25) is 5.91 Å². The fourth-order valence-corrected chi connectivity index (χ4v) is 4.36. The minimum atomic E-state index is -0.166. The Labute approximate surface area is 151 Å². The van der Waals surface area contributed by atoms with Crippen LogP contribution in [0.25, 0.3) is 0 Å². The first-order chi connectivity index (χ1) is 12.3. The lowest BCUT2D eigenvalue weighted by Gasteiger charge is -2.41. The van der Waals surface area contributed by atoms with Gasteiger partial charge in [0.25, 0.3) is 5.91 Å². The highest BCUT2D eigenvalue weighted by Crippen LogP contribution is 2.30. The first kappa shape index (κ1) is 18.0. The average molecular weight is 342 g/mol. The Morgan fingerprint density at radius 2 is 1.36 bits per heavy atom. The van der Waals surface area contributed by atoms with Crippen molar-refractivity contribution in [2.24, 2.45) is 0 Å². The molecule has 0 atom stereocenters. The molecule has 2 aliphatic rings. The number of benzene rings is 1. The van der Waals surface area contributed by atoms with Crippen LogP contribution in [0.5, 0.6) is 0 Å². The lowest BCUT2D eigenvalue weighted by molar-refractivity contribution is -0.136. The van der Waals surface area contributed by atoms with Gasteiger partial charge in [0, 0.05) is 17.6 Å². The first-order valence-corrected chi connectivity index (χ1v) is 9.90. The number of hydrogen-bond acceptors (Lipinski definition) is 2. The Morgan fingerprint density at radius 1 is 0.840 bits per heavy atom. The summed E-state index contributed by atoms with van der Waals surface area (Å²) in [4.78, 5) is 27.4. The summed E-state index contributed by atoms with van der Waals surface area (Å²) in [5.41, 5.74) is 0.609. The highest BCUT2D eigenvalue weighted by Gasteiger charge is 2.32. The largest absolute Gasteiger partial charge is 0.343 e. The van der Waals surface area contributed by atoms with Gasteiger partial charge >= 0.3 is 0 Å². The van der Waals surface area contributed by atoms with Gasteiger partial charge in [-0.1, -0.05) is 56.7 Å². The Bertz CT molecular complexity index is 543. The Kier molecular flexibility index (Phi) is 6.48. The van der Waals surface area contributed by atoms with Crippen LogP contribution in [0.1, 0.15) is 74.6 Å². The van der Waals surface area contributed by atoms with Crippen molar-refractivity contribution in [2.45, 2.75) is 76.3 Å². The summed E-state index contributed by atoms with van der Waals surface area (Å²) >= 11 is 0. The van der Waals surface area contributed by atoms with Crippen LogP contribution in [0.2, 0.25) is 0 Å². The maximum atomic E-state index is 13.0. The molecule has 4 heteroatoms. The van der Waals surface area contributed by atoms with Crippen molar-refractivity contribution in [3.63, 3.8) is 0 Å². The fourth-order valence-electron chi connectivity index (χ4n) is 4.36. The Morgan fingerprint density at radius 3 is 1.88 bits per heavy atom. The van der Waals surface area contributed by atoms with Crippen molar-refractivity contribution in [3.8, 4) is 0 Å². The Balaban J connectivity index is 1.62. The molecule has 2 aliphatic carbocycles. The van der Waals surface area contributed by atoms with Crippen LogP contribution in [0.4, 0.5) is 0 Å². The normalized spacial score (nSPS) is 19.4. The van der Waals surface area contributed by atoms with E-state index in [9.17, 15) is 9.59 Å². The zero-order valence-corrected chi connectivity index (χ0v) is 15.1. The van der Waals surface area contributed by atoms with E-state index in [4.69, 9.17) is 0 Å². The molecule has 4 nitrogen and oxygen atoms in total. The second kappa shape index (κ2) is 9.02. The molecule has 2 saturated carbocycles. The number of nitrogens with zero attached hydrogens (tertiary/aromatic N) is 1. The van der Waals surface area contributed by atoms with E-state index in [0.29, 0.717) is 17.6 Å². The van der Waals surface area contributed by atoms with E-state index in [-0.39, 0.29) is 18.4 Å². The summed E-state index contributed by atoms with van der Waals surface area (Å²) in [6, 6.07) is 9.87. The van der Waals surface area contributed by atoms with Crippen LogP contribution in [0, 0.1) is 0 Å². The molecule has 1 aromatic carbocycles. The van der Waals surface area contributed by atoms with Crippen molar-refractivity contribution in [1.29, 1.82) is 0 Å². The fraction of sp³-hybridized carbons (Fsp3) is 0.619. The first-order valence-electron chi connectivity index (χ1n) is 9.90. The van der Waals surface area contributed by atoms with Gasteiger partial charge in [-0.3, -0.25) is 9.59 Å². The molecule has 2 fully saturated rings. The monoisotopic (exact) mass is 342 g/mol. The van der Waals surface area contributed by atoms with Crippen molar-refractivity contribution in [2.75, 3.05) is 6.54 Å². The standard InChI is InChI=1S/C21H30N2O2/c24-20(16-22-21(25)17-10-4-1-5-11-17)23(18-12-6-2-7-13-18)19-14-8-3-9-15-19/h1,4-5,10-11,18-19H,2-3,6-9,12-16H2,(H,22,25). The van der Waals surface area contributed by atoms with Crippen LogP contribution < -0.4 is 5.32 Å². The summed E-state index contributed by atoms with van der Waals surface area (Å²) in [6.45, 7) is 0.112. The van der Waals surface area contributed by atoms with E-state index in [2.05, 4.69) is 10.2 Å². The molecule has 0 aromatic heterocycles. The van der Waals surface area contributed by atoms with E-state index < -0.39 is 0 Å². The van der Waals surface area contributed by atoms with Crippen LogP contribution in [0.15, 0.2) is 30.3 Å². The molecular formula is C21H30N2O2. The summed E-state index contributed by atoms with van der Waals surface area (Å²) < 4.78 is 0. The second-order valence-corrected chi connectivity index (χ2v) is 7.43. The van der Waals surface area contributed by atoms with Crippen LogP contribution in [-0.2, 0) is 4.79 Å². The Hall–Kier alpha value is -1.84. The van der Waals surface area contributed by atoms with Gasteiger partial charge in [0.05, 0.1) is 6.54 Å². The molecule has 136 valence electrons. The van der Waals surface area contributed by atoms with Gasteiger partial charge < -0.3 is 10.2 Å². The minimum absolute atomic E-state index is 0.100. The number of nitrogens with one attached hydrogen (secondary N) is 1. The predicted octanol–water partition coefficient (Wildman–Crippen LogP) is 3.91. The third kappa shape index (κ3) is 4.83. The van der Waals surface area contributed by atoms with E-state index in [0.717, 1.165) is 25.7 Å². The maximum absolute atomic E-state index is 13.0. The van der Waals surface area contributed by atoms with E-state index in [1.54, 1.807) is 12.1 Å². The van der Waals surface area contributed by atoms with E-state index in [1.807, 2.05) is 18.2 Å². The molecule has 0 unspecified atom stereocenters. The van der Waals surface area contributed by atoms with Crippen LogP contribution in [-0.4, -0.2) is 35.3 Å². The smallest absolute Gasteiger partial charge is 0.251 e. The number of carbonyl (C=O) groups is 2. The molecule has 0 radical (unpaired) electrons. The quantitative estimate of drug-likeness (QED) is 0.882. The summed E-state index contributed by atoms with van der Waals surface area (Å²) in [5, 5.41) is 2.83. The third-order valence-corrected chi connectivity index (χ3v) is 5.66. The van der Waals surface area contributed by atoms with Gasteiger partial charge in [0.15, 0.2) is 0 Å². The van der Waals surface area contributed by atoms with Crippen molar-refractivity contribution < 1.29 is 9.59 Å². The van der Waals surface area contributed by atoms with Gasteiger partial charge in [-0.05, 0) is 37.8 Å². The third-order valence-electron chi connectivity index (χ3n) is 5.66. The van der Waals surface area contributed by atoms with Gasteiger partial charge in [-0.2, -0.15) is 0 Å². The summed E-state index contributed by atoms with van der Waals surface area (Å²) in [6.07, 6.45) is 11.9. The molecule has 0 aliphatic heterocycles. The van der Waals surface area contributed by atoms with Crippen molar-refractivity contribution in [1.82, 2.24) is 10.2 Å². The van der Waals surface area contributed by atoms with Crippen LogP contribution in [0.3, 0.4) is 0 Å². The minimum Gasteiger partial charge on any atom is -0.343 e. The molecule has 0 spiro atoms. The maximum Gasteiger partial charge on any atom is 0.251 e. The number of rotatable bonds is 5. The number of amides is 2. The van der Waals surface area contributed by atoms with Gasteiger partial charge in [-0.25, -0.2) is 0 Å². The molecule has 25 heavy (non-hydrogen) atoms. The molecule has 0 bridgehead atoms. The molecule has 1 N–H and O–H groups in total. The van der Waals surface area contributed by atoms with Gasteiger partial charge in [0.1, 0.15) is 0 Å². The predicted molar refractivity (Wildman–Crippen MR) is 99.4 cm³/mol. The van der Waals surface area contributed by atoms with Crippen molar-refractivity contribution >= 4 is 11.8 Å². The summed E-state index contributed by atoms with van der Waals surface area (Å²) in [5.74, 6) is -0.0655. The topological polar surface area (TPSA) is 49.4 Å². The molecular weight excluding hydrogens is 312 g/mol. The lowest BCUT2D eigenvalue weighted by atomic mass is 9.88. The molecule has 2 amide bonds. The lowest BCUT2D eigenvalue weighted by Crippen LogP contribution is -2.52. The van der Waals surface area contributed by atoms with Crippen molar-refractivity contribution in [3.05, 3.63) is 35.9 Å². The number of hydrogen-bond donors (Lipinski definition) is 1. The van der Waals surface area contributed by atoms with E-state index >= 15 is 0 Å². The molecule has 3 rings (SSSR count). The van der Waals surface area contributed by atoms with Crippen LogP contribution >= 0.6 is 0 Å². The van der Waals surface area contributed by atoms with E-state index in [1.165, 1.54) is 38.5 Å². The zero-order valence-electron chi connectivity index (χ0n) is 15.1. The molecule has 1 aromatic rings. The SMILES string of the molecule is O=C(NCC(=O)N(C1CCCCC1)C1CCCCC1)c1ccccc1. The summed E-state index contributed by atoms with van der Waals surface area (Å²) in [7, 11) is 0. The highest BCUT2D eigenvalue weighted by atomic mass is 16.2. The molecule has 0 heterocycles. The zero-order chi connectivity index (χ0) is 17.5. The second-order valence-electron chi connectivity index (χ2n) is 7.43. The van der Waals surface area contributed by atoms with Gasteiger partial charge in [-0.15, -0.1) is 0 Å². The average Bonchev–Trinajstić information content (AvgIpc) is 2.69. The number of carbonyl (C=O) groups excluding carboxylic acids is 2. The molecule has 0 saturated heterocycles. The highest BCUT2D eigenvalue weighted by molar-refractivity contribution is 5.96.